The SMILES string of the molecule is CCNC(=O)Nc1ccc(Nc2nc(N)n(-c3ccnc(N4C[C@@H](C)N(C(C)=O)[C@@H](C)C4)c3)n2)cc1. The highest BCUT2D eigenvalue weighted by molar-refractivity contribution is 5.89. The average Bonchev–Trinajstić information content (AvgIpc) is 3.19. The van der Waals surface area contributed by atoms with Gasteiger partial charge in [0, 0.05) is 62.3 Å². The first-order valence-electron chi connectivity index (χ1n) is 11.9. The number of carbonyl (C=O) groups is 2. The van der Waals surface area contributed by atoms with Crippen LogP contribution in [-0.4, -0.2) is 68.3 Å². The lowest BCUT2D eigenvalue weighted by atomic mass is 10.1. The number of carbonyl (C=O) groups excluding carboxylic acids is 2. The van der Waals surface area contributed by atoms with Crippen molar-refractivity contribution in [3.8, 4) is 5.69 Å². The highest BCUT2D eigenvalue weighted by Gasteiger charge is 2.31. The smallest absolute Gasteiger partial charge is 0.319 e. The molecule has 1 aliphatic heterocycles. The van der Waals surface area contributed by atoms with E-state index in [9.17, 15) is 9.59 Å². The second-order valence-electron chi connectivity index (χ2n) is 8.79. The standard InChI is InChI=1S/C24H32N10O2/c1-5-26-24(36)29-19-8-6-18(7-9-19)28-23-30-22(25)34(31-23)20-10-11-27-21(12-20)32-13-15(2)33(17(4)35)16(3)14-32/h6-12,15-16H,5,13-14H2,1-4H3,(H2,26,29,36)(H3,25,28,30,31)/t15-,16+. The summed E-state index contributed by atoms with van der Waals surface area (Å²) in [6, 6.07) is 10.8. The Bertz CT molecular complexity index is 1210. The minimum Gasteiger partial charge on any atom is -0.368 e. The Kier molecular flexibility index (Phi) is 7.23. The molecule has 1 saturated heterocycles. The van der Waals surface area contributed by atoms with Gasteiger partial charge in [0.2, 0.25) is 17.8 Å². The molecule has 0 bridgehead atoms. The molecule has 0 spiro atoms. The van der Waals surface area contributed by atoms with Crippen LogP contribution in [0.1, 0.15) is 27.7 Å². The van der Waals surface area contributed by atoms with E-state index in [1.165, 1.54) is 0 Å². The fourth-order valence-corrected chi connectivity index (χ4v) is 4.51. The number of nitrogens with one attached hydrogen (secondary N) is 3. The van der Waals surface area contributed by atoms with Crippen molar-refractivity contribution < 1.29 is 9.59 Å². The van der Waals surface area contributed by atoms with Gasteiger partial charge in [0.25, 0.3) is 0 Å². The number of nitrogens with two attached hydrogens (primary N) is 1. The fourth-order valence-electron chi connectivity index (χ4n) is 4.51. The number of nitrogens with zero attached hydrogens (tertiary/aromatic N) is 6. The number of benzene rings is 1. The molecule has 1 fully saturated rings. The van der Waals surface area contributed by atoms with Crippen molar-refractivity contribution in [2.75, 3.05) is 40.9 Å². The van der Waals surface area contributed by atoms with Crippen LogP contribution in [0.5, 0.6) is 0 Å². The van der Waals surface area contributed by atoms with E-state index in [4.69, 9.17) is 5.73 Å². The Morgan fingerprint density at radius 1 is 1.08 bits per heavy atom. The normalized spacial score (nSPS) is 17.6. The number of urea groups is 1. The zero-order valence-corrected chi connectivity index (χ0v) is 20.9. The summed E-state index contributed by atoms with van der Waals surface area (Å²) in [5.74, 6) is 1.44. The Morgan fingerprint density at radius 2 is 1.75 bits per heavy atom. The van der Waals surface area contributed by atoms with Crippen LogP contribution in [0.2, 0.25) is 0 Å². The third kappa shape index (κ3) is 5.48. The minimum absolute atomic E-state index is 0.0755. The molecule has 3 aromatic rings. The number of piperazine rings is 1. The van der Waals surface area contributed by atoms with Crippen molar-refractivity contribution in [1.29, 1.82) is 0 Å². The van der Waals surface area contributed by atoms with Crippen molar-refractivity contribution in [3.63, 3.8) is 0 Å². The van der Waals surface area contributed by atoms with E-state index in [-0.39, 0.29) is 30.0 Å². The molecule has 3 heterocycles. The third-order valence-corrected chi connectivity index (χ3v) is 5.95. The minimum atomic E-state index is -0.257. The van der Waals surface area contributed by atoms with Gasteiger partial charge in [0.1, 0.15) is 5.82 Å². The van der Waals surface area contributed by atoms with Gasteiger partial charge >= 0.3 is 6.03 Å². The van der Waals surface area contributed by atoms with Crippen molar-refractivity contribution in [2.45, 2.75) is 39.8 Å². The Morgan fingerprint density at radius 3 is 2.39 bits per heavy atom. The van der Waals surface area contributed by atoms with Gasteiger partial charge in [-0.25, -0.2) is 9.78 Å². The molecule has 4 rings (SSSR count). The summed E-state index contributed by atoms with van der Waals surface area (Å²) in [6.45, 7) is 9.48. The van der Waals surface area contributed by atoms with Crippen LogP contribution < -0.4 is 26.6 Å². The highest BCUT2D eigenvalue weighted by atomic mass is 16.2. The van der Waals surface area contributed by atoms with Gasteiger partial charge in [0.15, 0.2) is 0 Å². The fraction of sp³-hybridized carbons (Fsp3) is 0.375. The lowest BCUT2D eigenvalue weighted by molar-refractivity contribution is -0.133. The molecule has 0 aliphatic carbocycles. The molecule has 36 heavy (non-hydrogen) atoms. The number of nitrogen functional groups attached to an aromatic ring is 1. The average molecular weight is 493 g/mol. The molecule has 0 radical (unpaired) electrons. The number of rotatable bonds is 6. The van der Waals surface area contributed by atoms with Gasteiger partial charge in [-0.1, -0.05) is 0 Å². The molecule has 1 aliphatic rings. The molecular weight excluding hydrogens is 460 g/mol. The van der Waals surface area contributed by atoms with E-state index in [1.54, 1.807) is 29.9 Å². The maximum atomic E-state index is 12.0. The van der Waals surface area contributed by atoms with E-state index >= 15 is 0 Å². The van der Waals surface area contributed by atoms with Gasteiger partial charge in [-0.2, -0.15) is 9.67 Å². The second-order valence-corrected chi connectivity index (χ2v) is 8.79. The van der Waals surface area contributed by atoms with Crippen molar-refractivity contribution >= 4 is 41.0 Å². The maximum Gasteiger partial charge on any atom is 0.319 e. The van der Waals surface area contributed by atoms with E-state index in [0.29, 0.717) is 31.3 Å². The van der Waals surface area contributed by atoms with Crippen LogP contribution in [0.3, 0.4) is 0 Å². The zero-order valence-electron chi connectivity index (χ0n) is 20.9. The number of hydrogen-bond donors (Lipinski definition) is 4. The van der Waals surface area contributed by atoms with Crippen LogP contribution >= 0.6 is 0 Å². The maximum absolute atomic E-state index is 12.0. The van der Waals surface area contributed by atoms with Gasteiger partial charge in [-0.3, -0.25) is 4.79 Å². The first-order chi connectivity index (χ1) is 17.2. The van der Waals surface area contributed by atoms with E-state index < -0.39 is 0 Å². The predicted molar refractivity (Wildman–Crippen MR) is 140 cm³/mol. The van der Waals surface area contributed by atoms with Crippen LogP contribution in [0.25, 0.3) is 5.69 Å². The molecule has 190 valence electrons. The first-order valence-corrected chi connectivity index (χ1v) is 11.9. The highest BCUT2D eigenvalue weighted by Crippen LogP contribution is 2.24. The molecule has 3 amide bonds. The lowest BCUT2D eigenvalue weighted by Gasteiger charge is -2.44. The quantitative estimate of drug-likeness (QED) is 0.411. The van der Waals surface area contributed by atoms with Crippen LogP contribution in [0.15, 0.2) is 42.6 Å². The monoisotopic (exact) mass is 492 g/mol. The second kappa shape index (κ2) is 10.5. The van der Waals surface area contributed by atoms with Crippen LogP contribution in [0.4, 0.5) is 33.9 Å². The van der Waals surface area contributed by atoms with Gasteiger partial charge in [-0.05, 0) is 51.1 Å². The van der Waals surface area contributed by atoms with E-state index in [2.05, 4.69) is 35.9 Å². The van der Waals surface area contributed by atoms with Gasteiger partial charge in [-0.15, -0.1) is 5.10 Å². The summed E-state index contributed by atoms with van der Waals surface area (Å²) in [5.41, 5.74) is 8.32. The van der Waals surface area contributed by atoms with Crippen LogP contribution in [-0.2, 0) is 4.79 Å². The van der Waals surface area contributed by atoms with E-state index in [1.807, 2.05) is 49.9 Å². The Hall–Kier alpha value is -4.35. The van der Waals surface area contributed by atoms with Gasteiger partial charge in [0.05, 0.1) is 5.69 Å². The van der Waals surface area contributed by atoms with Crippen molar-refractivity contribution in [2.24, 2.45) is 0 Å². The molecule has 0 saturated carbocycles. The Balaban J connectivity index is 1.47. The Labute approximate surface area is 209 Å². The number of aromatic nitrogens is 4. The molecule has 0 unspecified atom stereocenters. The molecule has 2 aromatic heterocycles. The summed E-state index contributed by atoms with van der Waals surface area (Å²) in [5, 5.41) is 13.1. The first kappa shape index (κ1) is 24.8. The predicted octanol–water partition coefficient (Wildman–Crippen LogP) is 2.58. The van der Waals surface area contributed by atoms with Gasteiger partial charge < -0.3 is 31.5 Å². The molecule has 12 nitrogen and oxygen atoms in total. The summed E-state index contributed by atoms with van der Waals surface area (Å²) in [7, 11) is 0. The van der Waals surface area contributed by atoms with E-state index in [0.717, 1.165) is 17.2 Å². The van der Waals surface area contributed by atoms with Crippen molar-refractivity contribution in [3.05, 3.63) is 42.6 Å². The number of amides is 3. The molecule has 2 atom stereocenters. The molecule has 12 heteroatoms. The largest absolute Gasteiger partial charge is 0.368 e. The number of anilines is 5. The summed E-state index contributed by atoms with van der Waals surface area (Å²) < 4.78 is 1.55. The number of pyridine rings is 1. The summed E-state index contributed by atoms with van der Waals surface area (Å²) in [4.78, 5) is 36.6. The molecule has 5 N–H and O–H groups in total. The summed E-state index contributed by atoms with van der Waals surface area (Å²) >= 11 is 0. The summed E-state index contributed by atoms with van der Waals surface area (Å²) in [6.07, 6.45) is 1.71. The molecule has 1 aromatic carbocycles. The third-order valence-electron chi connectivity index (χ3n) is 5.95. The lowest BCUT2D eigenvalue weighted by Crippen LogP contribution is -2.58. The van der Waals surface area contributed by atoms with Crippen molar-refractivity contribution in [1.82, 2.24) is 30.0 Å². The zero-order chi connectivity index (χ0) is 25.8. The topological polar surface area (TPSA) is 146 Å². The van der Waals surface area contributed by atoms with Crippen LogP contribution in [0, 0.1) is 0 Å². The number of hydrogen-bond acceptors (Lipinski definition) is 8. The molecular formula is C24H32N10O2.